The lowest BCUT2D eigenvalue weighted by Crippen LogP contribution is -2.30. The molecule has 0 spiro atoms. The van der Waals surface area contributed by atoms with Gasteiger partial charge in [0, 0.05) is 25.2 Å². The minimum Gasteiger partial charge on any atom is -0.490 e. The molecule has 2 heterocycles. The molecule has 1 aliphatic rings. The van der Waals surface area contributed by atoms with Crippen LogP contribution >= 0.6 is 0 Å². The molecule has 23 heavy (non-hydrogen) atoms. The molecule has 8 nitrogen and oxygen atoms in total. The summed E-state index contributed by atoms with van der Waals surface area (Å²) < 4.78 is 16.3. The SMILES string of the molecule is CN=C(NCc1nc(C)no1)Nc1ccc2c(c1)OCCCO2. The van der Waals surface area contributed by atoms with Gasteiger partial charge in [-0.25, -0.2) is 0 Å². The van der Waals surface area contributed by atoms with Gasteiger partial charge in [-0.05, 0) is 19.1 Å². The normalized spacial score (nSPS) is 14.3. The van der Waals surface area contributed by atoms with Crippen molar-refractivity contribution in [2.24, 2.45) is 4.99 Å². The van der Waals surface area contributed by atoms with Crippen LogP contribution in [0.2, 0.25) is 0 Å². The number of aryl methyl sites for hydroxylation is 1. The maximum Gasteiger partial charge on any atom is 0.246 e. The molecule has 0 bridgehead atoms. The molecule has 1 aromatic carbocycles. The van der Waals surface area contributed by atoms with E-state index < -0.39 is 0 Å². The van der Waals surface area contributed by atoms with Gasteiger partial charge in [0.25, 0.3) is 0 Å². The van der Waals surface area contributed by atoms with Gasteiger partial charge < -0.3 is 24.6 Å². The summed E-state index contributed by atoms with van der Waals surface area (Å²) in [6.45, 7) is 3.50. The zero-order valence-electron chi connectivity index (χ0n) is 13.1. The highest BCUT2D eigenvalue weighted by atomic mass is 16.5. The summed E-state index contributed by atoms with van der Waals surface area (Å²) in [7, 11) is 1.69. The first-order valence-corrected chi connectivity index (χ1v) is 7.41. The van der Waals surface area contributed by atoms with E-state index in [-0.39, 0.29) is 0 Å². The molecule has 2 N–H and O–H groups in total. The Kier molecular flexibility index (Phi) is 4.60. The average Bonchev–Trinajstić information content (AvgIpc) is 2.83. The Balaban J connectivity index is 1.63. The molecule has 0 radical (unpaired) electrons. The molecule has 1 aromatic heterocycles. The molecular formula is C15H19N5O3. The fourth-order valence-corrected chi connectivity index (χ4v) is 2.13. The van der Waals surface area contributed by atoms with Crippen LogP contribution in [0, 0.1) is 6.92 Å². The van der Waals surface area contributed by atoms with Crippen molar-refractivity contribution >= 4 is 11.6 Å². The van der Waals surface area contributed by atoms with Crippen LogP contribution in [0.5, 0.6) is 11.5 Å². The number of fused-ring (bicyclic) bond motifs is 1. The lowest BCUT2D eigenvalue weighted by atomic mass is 10.3. The molecule has 0 atom stereocenters. The second-order valence-corrected chi connectivity index (χ2v) is 5.00. The Morgan fingerprint density at radius 1 is 1.26 bits per heavy atom. The first-order valence-electron chi connectivity index (χ1n) is 7.41. The summed E-state index contributed by atoms with van der Waals surface area (Å²) in [5.74, 6) is 3.19. The Morgan fingerprint density at radius 3 is 2.83 bits per heavy atom. The summed E-state index contributed by atoms with van der Waals surface area (Å²) in [5.41, 5.74) is 0.851. The number of benzene rings is 1. The highest BCUT2D eigenvalue weighted by Crippen LogP contribution is 2.32. The molecule has 3 rings (SSSR count). The third-order valence-corrected chi connectivity index (χ3v) is 3.21. The van der Waals surface area contributed by atoms with E-state index >= 15 is 0 Å². The summed E-state index contributed by atoms with van der Waals surface area (Å²) >= 11 is 0. The van der Waals surface area contributed by atoms with Crippen molar-refractivity contribution in [3.05, 3.63) is 29.9 Å². The molecule has 1 aliphatic heterocycles. The van der Waals surface area contributed by atoms with Crippen molar-refractivity contribution in [2.75, 3.05) is 25.6 Å². The zero-order chi connectivity index (χ0) is 16.1. The van der Waals surface area contributed by atoms with Crippen LogP contribution < -0.4 is 20.1 Å². The maximum absolute atomic E-state index is 5.68. The Morgan fingerprint density at radius 2 is 2.09 bits per heavy atom. The number of rotatable bonds is 3. The molecule has 2 aromatic rings. The van der Waals surface area contributed by atoms with E-state index in [4.69, 9.17) is 14.0 Å². The highest BCUT2D eigenvalue weighted by molar-refractivity contribution is 5.93. The van der Waals surface area contributed by atoms with Crippen molar-refractivity contribution in [1.82, 2.24) is 15.5 Å². The second kappa shape index (κ2) is 6.99. The van der Waals surface area contributed by atoms with E-state index in [0.29, 0.717) is 37.4 Å². The van der Waals surface area contributed by atoms with E-state index in [2.05, 4.69) is 25.8 Å². The maximum atomic E-state index is 5.68. The summed E-state index contributed by atoms with van der Waals surface area (Å²) in [6, 6.07) is 5.69. The van der Waals surface area contributed by atoms with Crippen molar-refractivity contribution in [3.63, 3.8) is 0 Å². The van der Waals surface area contributed by atoms with Gasteiger partial charge in [0.05, 0.1) is 19.8 Å². The average molecular weight is 317 g/mol. The number of aliphatic imine (C=N–C) groups is 1. The van der Waals surface area contributed by atoms with E-state index in [9.17, 15) is 0 Å². The number of nitrogens with zero attached hydrogens (tertiary/aromatic N) is 3. The van der Waals surface area contributed by atoms with Crippen molar-refractivity contribution < 1.29 is 14.0 Å². The Hall–Kier alpha value is -2.77. The lowest BCUT2D eigenvalue weighted by Gasteiger charge is -2.13. The van der Waals surface area contributed by atoms with Crippen LogP contribution in [0.4, 0.5) is 5.69 Å². The lowest BCUT2D eigenvalue weighted by molar-refractivity contribution is 0.297. The van der Waals surface area contributed by atoms with Gasteiger partial charge in [0.1, 0.15) is 0 Å². The third-order valence-electron chi connectivity index (χ3n) is 3.21. The smallest absolute Gasteiger partial charge is 0.246 e. The molecule has 0 saturated heterocycles. The van der Waals surface area contributed by atoms with Gasteiger partial charge in [-0.15, -0.1) is 0 Å². The number of hydrogen-bond donors (Lipinski definition) is 2. The number of nitrogens with one attached hydrogen (secondary N) is 2. The minimum absolute atomic E-state index is 0.394. The van der Waals surface area contributed by atoms with Gasteiger partial charge in [-0.2, -0.15) is 4.98 Å². The van der Waals surface area contributed by atoms with E-state index in [0.717, 1.165) is 23.6 Å². The first-order chi connectivity index (χ1) is 11.2. The van der Waals surface area contributed by atoms with Gasteiger partial charge in [-0.3, -0.25) is 4.99 Å². The number of guanidine groups is 1. The van der Waals surface area contributed by atoms with Gasteiger partial charge >= 0.3 is 0 Å². The quantitative estimate of drug-likeness (QED) is 0.657. The van der Waals surface area contributed by atoms with Crippen LogP contribution in [0.25, 0.3) is 0 Å². The molecule has 8 heteroatoms. The number of anilines is 1. The fourth-order valence-electron chi connectivity index (χ4n) is 2.13. The van der Waals surface area contributed by atoms with Gasteiger partial charge in [0.15, 0.2) is 23.3 Å². The second-order valence-electron chi connectivity index (χ2n) is 5.00. The van der Waals surface area contributed by atoms with Crippen LogP contribution in [0.1, 0.15) is 18.1 Å². The summed E-state index contributed by atoms with van der Waals surface area (Å²) in [5, 5.41) is 10.0. The fraction of sp³-hybridized carbons (Fsp3) is 0.400. The van der Waals surface area contributed by atoms with E-state index in [1.165, 1.54) is 0 Å². The van der Waals surface area contributed by atoms with Crippen LogP contribution in [-0.2, 0) is 6.54 Å². The summed E-state index contributed by atoms with van der Waals surface area (Å²) in [6.07, 6.45) is 0.879. The predicted octanol–water partition coefficient (Wildman–Crippen LogP) is 1.73. The molecule has 0 amide bonds. The number of hydrogen-bond acceptors (Lipinski definition) is 6. The van der Waals surface area contributed by atoms with Gasteiger partial charge in [-0.1, -0.05) is 5.16 Å². The standard InChI is InChI=1S/C15H19N5O3/c1-10-18-14(23-20-10)9-17-15(16-2)19-11-4-5-12-13(8-11)22-7-3-6-21-12/h4-5,8H,3,6-7,9H2,1-2H3,(H2,16,17,19). The highest BCUT2D eigenvalue weighted by Gasteiger charge is 2.11. The third kappa shape index (κ3) is 3.91. The topological polar surface area (TPSA) is 93.8 Å². The Labute approximate surface area is 133 Å². The molecule has 0 fully saturated rings. The summed E-state index contributed by atoms with van der Waals surface area (Å²) in [4.78, 5) is 8.30. The van der Waals surface area contributed by atoms with Crippen molar-refractivity contribution in [2.45, 2.75) is 19.9 Å². The monoisotopic (exact) mass is 317 g/mol. The molecule has 122 valence electrons. The van der Waals surface area contributed by atoms with Gasteiger partial charge in [0.2, 0.25) is 5.89 Å². The first kappa shape index (κ1) is 15.1. The van der Waals surface area contributed by atoms with E-state index in [1.807, 2.05) is 18.2 Å². The molecule has 0 unspecified atom stereocenters. The van der Waals surface area contributed by atoms with E-state index in [1.54, 1.807) is 14.0 Å². The Bertz CT molecular complexity index is 698. The van der Waals surface area contributed by atoms with Crippen molar-refractivity contribution in [3.8, 4) is 11.5 Å². The minimum atomic E-state index is 0.394. The van der Waals surface area contributed by atoms with Crippen LogP contribution in [0.3, 0.4) is 0 Å². The molecular weight excluding hydrogens is 298 g/mol. The molecule has 0 aliphatic carbocycles. The zero-order valence-corrected chi connectivity index (χ0v) is 13.1. The number of ether oxygens (including phenoxy) is 2. The van der Waals surface area contributed by atoms with Crippen molar-refractivity contribution in [1.29, 1.82) is 0 Å². The van der Waals surface area contributed by atoms with Crippen LogP contribution in [0.15, 0.2) is 27.7 Å². The predicted molar refractivity (Wildman–Crippen MR) is 84.9 cm³/mol. The largest absolute Gasteiger partial charge is 0.490 e. The number of aromatic nitrogens is 2. The van der Waals surface area contributed by atoms with Crippen LogP contribution in [-0.4, -0.2) is 36.4 Å². The molecule has 0 saturated carbocycles.